The predicted molar refractivity (Wildman–Crippen MR) is 95.7 cm³/mol. The molecule has 0 aliphatic carbocycles. The number of morpholine rings is 1. The van der Waals surface area contributed by atoms with E-state index in [1.807, 2.05) is 36.4 Å². The Kier molecular flexibility index (Phi) is 4.28. The van der Waals surface area contributed by atoms with E-state index in [0.29, 0.717) is 11.7 Å². The second-order valence-corrected chi connectivity index (χ2v) is 6.05. The van der Waals surface area contributed by atoms with Crippen molar-refractivity contribution in [2.45, 2.75) is 0 Å². The van der Waals surface area contributed by atoms with Crippen LogP contribution in [0.1, 0.15) is 11.3 Å². The molecule has 4 rings (SSSR count). The van der Waals surface area contributed by atoms with Gasteiger partial charge in [-0.25, -0.2) is 9.98 Å². The molecule has 2 aromatic rings. The Morgan fingerprint density at radius 2 is 1.79 bits per heavy atom. The lowest BCUT2D eigenvalue weighted by Gasteiger charge is -2.29. The zero-order valence-corrected chi connectivity index (χ0v) is 13.9. The van der Waals surface area contributed by atoms with E-state index in [4.69, 9.17) is 26.3 Å². The number of nitrogens with zero attached hydrogens (tertiary/aromatic N) is 4. The van der Waals surface area contributed by atoms with Crippen LogP contribution in [0.15, 0.2) is 52.4 Å². The molecule has 0 spiro atoms. The first-order chi connectivity index (χ1) is 11.8. The molecule has 1 fully saturated rings. The molecule has 1 aromatic carbocycles. The summed E-state index contributed by atoms with van der Waals surface area (Å²) in [5.41, 5.74) is 3.39. The van der Waals surface area contributed by atoms with Crippen molar-refractivity contribution in [3.05, 3.63) is 58.9 Å². The summed E-state index contributed by atoms with van der Waals surface area (Å²) < 4.78 is 5.44. The van der Waals surface area contributed by atoms with Gasteiger partial charge in [0.2, 0.25) is 0 Å². The number of hydrogen-bond donors (Lipinski definition) is 0. The Bertz CT molecular complexity index is 798. The predicted octanol–water partition coefficient (Wildman–Crippen LogP) is 2.95. The molecule has 1 aromatic heterocycles. The van der Waals surface area contributed by atoms with Crippen molar-refractivity contribution in [1.29, 1.82) is 0 Å². The van der Waals surface area contributed by atoms with Crippen LogP contribution in [0, 0.1) is 0 Å². The summed E-state index contributed by atoms with van der Waals surface area (Å²) in [6.45, 7) is 3.65. The van der Waals surface area contributed by atoms with E-state index in [2.05, 4.69) is 9.88 Å². The Morgan fingerprint density at radius 3 is 2.58 bits per heavy atom. The topological polar surface area (TPSA) is 50.1 Å². The molecular formula is C18H17ClN4O. The van der Waals surface area contributed by atoms with E-state index in [-0.39, 0.29) is 0 Å². The standard InChI is InChI=1S/C18H17ClN4O/c19-15-7-6-14-18(22-15)17(13-4-2-1-3-5-13)20-12-16(21-14)23-8-10-24-11-9-23/h1-7H,8-12H2. The summed E-state index contributed by atoms with van der Waals surface area (Å²) in [6.07, 6.45) is 0. The Labute approximate surface area is 145 Å². The lowest BCUT2D eigenvalue weighted by atomic mass is 10.1. The molecule has 0 amide bonds. The highest BCUT2D eigenvalue weighted by Crippen LogP contribution is 2.26. The zero-order chi connectivity index (χ0) is 16.4. The highest BCUT2D eigenvalue weighted by Gasteiger charge is 2.21. The molecule has 0 unspecified atom stereocenters. The molecular weight excluding hydrogens is 324 g/mol. The van der Waals surface area contributed by atoms with Gasteiger partial charge in [-0.3, -0.25) is 4.99 Å². The van der Waals surface area contributed by atoms with Crippen molar-refractivity contribution >= 4 is 28.8 Å². The third-order valence-corrected chi connectivity index (χ3v) is 4.33. The summed E-state index contributed by atoms with van der Waals surface area (Å²) in [6, 6.07) is 13.7. The molecule has 2 aliphatic heterocycles. The lowest BCUT2D eigenvalue weighted by Crippen LogP contribution is -2.41. The number of aromatic nitrogens is 1. The van der Waals surface area contributed by atoms with Crippen LogP contribution in [0.5, 0.6) is 0 Å². The first-order valence-electron chi connectivity index (χ1n) is 7.98. The van der Waals surface area contributed by atoms with Crippen LogP contribution in [-0.2, 0) is 4.74 Å². The summed E-state index contributed by atoms with van der Waals surface area (Å²) in [7, 11) is 0. The van der Waals surface area contributed by atoms with Crippen LogP contribution in [0.25, 0.3) is 0 Å². The van der Waals surface area contributed by atoms with Crippen LogP contribution in [0.2, 0.25) is 5.15 Å². The average Bonchev–Trinajstić information content (AvgIpc) is 2.82. The zero-order valence-electron chi connectivity index (χ0n) is 13.2. The van der Waals surface area contributed by atoms with Gasteiger partial charge in [-0.1, -0.05) is 41.9 Å². The van der Waals surface area contributed by atoms with Crippen LogP contribution in [0.3, 0.4) is 0 Å². The SMILES string of the molecule is Clc1ccc2c(n1)C(c1ccccc1)=NCC(N1CCOCC1)=N2. The smallest absolute Gasteiger partial charge is 0.130 e. The van der Waals surface area contributed by atoms with E-state index in [0.717, 1.165) is 54.8 Å². The normalized spacial score (nSPS) is 17.6. The highest BCUT2D eigenvalue weighted by atomic mass is 35.5. The molecule has 5 nitrogen and oxygen atoms in total. The van der Waals surface area contributed by atoms with E-state index in [1.54, 1.807) is 6.07 Å². The van der Waals surface area contributed by atoms with Gasteiger partial charge in [0.15, 0.2) is 0 Å². The second kappa shape index (κ2) is 6.71. The molecule has 0 saturated carbocycles. The van der Waals surface area contributed by atoms with Gasteiger partial charge in [-0.05, 0) is 12.1 Å². The Morgan fingerprint density at radius 1 is 1.00 bits per heavy atom. The minimum atomic E-state index is 0.447. The number of pyridine rings is 1. The summed E-state index contributed by atoms with van der Waals surface area (Å²) in [5, 5.41) is 0.447. The quantitative estimate of drug-likeness (QED) is 0.750. The molecule has 0 radical (unpaired) electrons. The molecule has 122 valence electrons. The summed E-state index contributed by atoms with van der Waals surface area (Å²) >= 11 is 6.13. The van der Waals surface area contributed by atoms with Crippen molar-refractivity contribution in [2.24, 2.45) is 9.98 Å². The fourth-order valence-electron chi connectivity index (χ4n) is 2.91. The van der Waals surface area contributed by atoms with Crippen molar-refractivity contribution in [3.8, 4) is 0 Å². The minimum absolute atomic E-state index is 0.447. The minimum Gasteiger partial charge on any atom is -0.378 e. The number of amidine groups is 1. The third-order valence-electron chi connectivity index (χ3n) is 4.12. The summed E-state index contributed by atoms with van der Waals surface area (Å²) in [5.74, 6) is 0.953. The highest BCUT2D eigenvalue weighted by molar-refractivity contribution is 6.30. The van der Waals surface area contributed by atoms with Gasteiger partial charge >= 0.3 is 0 Å². The van der Waals surface area contributed by atoms with E-state index >= 15 is 0 Å². The molecule has 1 saturated heterocycles. The van der Waals surface area contributed by atoms with E-state index in [1.165, 1.54) is 0 Å². The monoisotopic (exact) mass is 340 g/mol. The fraction of sp³-hybridized carbons (Fsp3) is 0.278. The molecule has 0 bridgehead atoms. The van der Waals surface area contributed by atoms with Crippen LogP contribution in [-0.4, -0.2) is 54.3 Å². The van der Waals surface area contributed by atoms with Gasteiger partial charge in [0.05, 0.1) is 31.2 Å². The number of rotatable bonds is 1. The Balaban J connectivity index is 1.79. The van der Waals surface area contributed by atoms with Crippen molar-refractivity contribution in [3.63, 3.8) is 0 Å². The maximum absolute atomic E-state index is 6.13. The lowest BCUT2D eigenvalue weighted by molar-refractivity contribution is 0.0676. The first-order valence-corrected chi connectivity index (χ1v) is 8.36. The van der Waals surface area contributed by atoms with Crippen molar-refractivity contribution in [2.75, 3.05) is 32.8 Å². The summed E-state index contributed by atoms with van der Waals surface area (Å²) in [4.78, 5) is 16.4. The van der Waals surface area contributed by atoms with Gasteiger partial charge in [0, 0.05) is 18.7 Å². The second-order valence-electron chi connectivity index (χ2n) is 5.66. The van der Waals surface area contributed by atoms with Crippen molar-refractivity contribution < 1.29 is 4.74 Å². The molecule has 0 N–H and O–H groups in total. The number of hydrogen-bond acceptors (Lipinski definition) is 5. The fourth-order valence-corrected chi connectivity index (χ4v) is 3.06. The van der Waals surface area contributed by atoms with Crippen LogP contribution in [0.4, 0.5) is 5.69 Å². The number of aliphatic imine (C=N–C) groups is 2. The van der Waals surface area contributed by atoms with Crippen LogP contribution >= 0.6 is 11.6 Å². The van der Waals surface area contributed by atoms with E-state index in [9.17, 15) is 0 Å². The Hall–Kier alpha value is -2.24. The van der Waals surface area contributed by atoms with Crippen LogP contribution < -0.4 is 0 Å². The molecule has 6 heteroatoms. The third kappa shape index (κ3) is 3.05. The number of fused-ring (bicyclic) bond motifs is 1. The van der Waals surface area contributed by atoms with E-state index < -0.39 is 0 Å². The molecule has 3 heterocycles. The molecule has 2 aliphatic rings. The van der Waals surface area contributed by atoms with Gasteiger partial charge in [-0.15, -0.1) is 0 Å². The van der Waals surface area contributed by atoms with Gasteiger partial charge in [0.1, 0.15) is 16.7 Å². The number of halogens is 1. The number of benzene rings is 1. The van der Waals surface area contributed by atoms with Gasteiger partial charge in [0.25, 0.3) is 0 Å². The van der Waals surface area contributed by atoms with Gasteiger partial charge < -0.3 is 9.64 Å². The maximum atomic E-state index is 6.13. The average molecular weight is 341 g/mol. The molecule has 0 atom stereocenters. The largest absolute Gasteiger partial charge is 0.378 e. The first kappa shape index (κ1) is 15.3. The molecule has 24 heavy (non-hydrogen) atoms. The van der Waals surface area contributed by atoms with Crippen molar-refractivity contribution in [1.82, 2.24) is 9.88 Å². The maximum Gasteiger partial charge on any atom is 0.130 e. The van der Waals surface area contributed by atoms with Gasteiger partial charge in [-0.2, -0.15) is 0 Å². The number of ether oxygens (including phenoxy) is 1.